The molecule has 1 aliphatic rings. The van der Waals surface area contributed by atoms with Crippen molar-refractivity contribution in [2.45, 2.75) is 38.6 Å². The van der Waals surface area contributed by atoms with Crippen LogP contribution in [0.2, 0.25) is 0 Å². The second-order valence-corrected chi connectivity index (χ2v) is 7.30. The normalized spacial score (nSPS) is 18.1. The third-order valence-electron chi connectivity index (χ3n) is 5.36. The fourth-order valence-corrected chi connectivity index (χ4v) is 3.74. The number of Topliss-reactive ketones (excluding diaryl/α,β-unsaturated/α-hetero) is 1. The molecule has 0 aliphatic carbocycles. The first kappa shape index (κ1) is 21.6. The summed E-state index contributed by atoms with van der Waals surface area (Å²) in [4.78, 5) is 27.1. The Balaban J connectivity index is 2.07. The lowest BCUT2D eigenvalue weighted by Gasteiger charge is -2.25. The number of methoxy groups -OCH3 is 1. The number of amides is 1. The van der Waals surface area contributed by atoms with Gasteiger partial charge < -0.3 is 14.7 Å². The zero-order chi connectivity index (χ0) is 21.7. The maximum absolute atomic E-state index is 14.7. The van der Waals surface area contributed by atoms with Crippen LogP contribution >= 0.6 is 0 Å². The molecule has 1 unspecified atom stereocenters. The molecule has 0 radical (unpaired) electrons. The van der Waals surface area contributed by atoms with Crippen molar-refractivity contribution in [1.82, 2.24) is 4.90 Å². The highest BCUT2D eigenvalue weighted by molar-refractivity contribution is 6.46. The lowest BCUT2D eigenvalue weighted by atomic mass is 9.95. The van der Waals surface area contributed by atoms with Gasteiger partial charge in [0.1, 0.15) is 17.3 Å². The topological polar surface area (TPSA) is 66.8 Å². The van der Waals surface area contributed by atoms with Crippen molar-refractivity contribution in [2.24, 2.45) is 0 Å². The molecule has 1 heterocycles. The van der Waals surface area contributed by atoms with Gasteiger partial charge in [-0.3, -0.25) is 9.59 Å². The van der Waals surface area contributed by atoms with Crippen molar-refractivity contribution in [3.05, 3.63) is 71.0 Å². The number of rotatable bonds is 8. The molecule has 5 nitrogen and oxygen atoms in total. The molecule has 6 heteroatoms. The first-order valence-electron chi connectivity index (χ1n) is 10.2. The van der Waals surface area contributed by atoms with E-state index < -0.39 is 23.5 Å². The minimum Gasteiger partial charge on any atom is -0.507 e. The summed E-state index contributed by atoms with van der Waals surface area (Å²) in [5.41, 5.74) is 0.467. The Morgan fingerprint density at radius 3 is 2.40 bits per heavy atom. The molecule has 0 bridgehead atoms. The highest BCUT2D eigenvalue weighted by Crippen LogP contribution is 2.40. The summed E-state index contributed by atoms with van der Waals surface area (Å²) >= 11 is 0. The molecule has 1 saturated heterocycles. The summed E-state index contributed by atoms with van der Waals surface area (Å²) < 4.78 is 19.8. The molecule has 158 valence electrons. The number of carbonyl (C=O) groups excluding carboxylic acids is 2. The van der Waals surface area contributed by atoms with E-state index >= 15 is 0 Å². The highest BCUT2D eigenvalue weighted by Gasteiger charge is 2.46. The third-order valence-corrected chi connectivity index (χ3v) is 5.36. The number of carbonyl (C=O) groups is 2. The van der Waals surface area contributed by atoms with E-state index in [0.717, 1.165) is 19.3 Å². The van der Waals surface area contributed by atoms with Crippen LogP contribution in [0.4, 0.5) is 4.39 Å². The van der Waals surface area contributed by atoms with Crippen LogP contribution in [-0.4, -0.2) is 35.4 Å². The Morgan fingerprint density at radius 2 is 1.77 bits per heavy atom. The molecule has 0 aromatic heterocycles. The molecule has 1 amide bonds. The average Bonchev–Trinajstić information content (AvgIpc) is 3.01. The number of likely N-dealkylation sites (tertiary alicyclic amines) is 1. The quantitative estimate of drug-likeness (QED) is 0.292. The summed E-state index contributed by atoms with van der Waals surface area (Å²) in [6, 6.07) is 11.6. The third kappa shape index (κ3) is 4.22. The van der Waals surface area contributed by atoms with Crippen LogP contribution in [0.5, 0.6) is 5.75 Å². The minimum absolute atomic E-state index is 0.0919. The van der Waals surface area contributed by atoms with E-state index in [1.807, 2.05) is 0 Å². The van der Waals surface area contributed by atoms with Gasteiger partial charge in [0.25, 0.3) is 11.7 Å². The van der Waals surface area contributed by atoms with Gasteiger partial charge in [0.05, 0.1) is 18.7 Å². The second-order valence-electron chi connectivity index (χ2n) is 7.30. The number of benzene rings is 2. The van der Waals surface area contributed by atoms with Crippen molar-refractivity contribution < 1.29 is 23.8 Å². The zero-order valence-electron chi connectivity index (χ0n) is 17.2. The van der Waals surface area contributed by atoms with E-state index in [0.29, 0.717) is 24.3 Å². The van der Waals surface area contributed by atoms with E-state index in [1.165, 1.54) is 18.1 Å². The predicted molar refractivity (Wildman–Crippen MR) is 113 cm³/mol. The molecule has 0 spiro atoms. The van der Waals surface area contributed by atoms with Crippen molar-refractivity contribution >= 4 is 17.4 Å². The van der Waals surface area contributed by atoms with Gasteiger partial charge in [-0.2, -0.15) is 0 Å². The monoisotopic (exact) mass is 411 g/mol. The predicted octanol–water partition coefficient (Wildman–Crippen LogP) is 4.84. The Bertz CT molecular complexity index is 952. The SMILES string of the molecule is CCCCCCN1C(=O)C(=O)/C(=C(\O)c2ccc(OC)cc2)C1c1ccccc1F. The van der Waals surface area contributed by atoms with Crippen LogP contribution < -0.4 is 4.74 Å². The average molecular weight is 411 g/mol. The van der Waals surface area contributed by atoms with Crippen molar-refractivity contribution in [1.29, 1.82) is 0 Å². The molecule has 30 heavy (non-hydrogen) atoms. The molecular formula is C24H26FNO4. The Hall–Kier alpha value is -3.15. The van der Waals surface area contributed by atoms with Gasteiger partial charge in [0, 0.05) is 17.7 Å². The number of ether oxygens (including phenoxy) is 1. The Morgan fingerprint density at radius 1 is 1.07 bits per heavy atom. The first-order valence-corrected chi connectivity index (χ1v) is 10.2. The number of unbranched alkanes of at least 4 members (excludes halogenated alkanes) is 3. The van der Waals surface area contributed by atoms with Crippen molar-refractivity contribution in [2.75, 3.05) is 13.7 Å². The smallest absolute Gasteiger partial charge is 0.295 e. The van der Waals surface area contributed by atoms with E-state index in [2.05, 4.69) is 6.92 Å². The number of hydrogen-bond acceptors (Lipinski definition) is 4. The molecule has 1 N–H and O–H groups in total. The number of aliphatic hydroxyl groups is 1. The number of ketones is 1. The molecule has 2 aromatic carbocycles. The lowest BCUT2D eigenvalue weighted by Crippen LogP contribution is -2.31. The summed E-state index contributed by atoms with van der Waals surface area (Å²) in [6.45, 7) is 2.41. The van der Waals surface area contributed by atoms with E-state index in [-0.39, 0.29) is 16.9 Å². The van der Waals surface area contributed by atoms with E-state index in [1.54, 1.807) is 42.5 Å². The van der Waals surface area contributed by atoms with E-state index in [4.69, 9.17) is 4.74 Å². The molecule has 0 saturated carbocycles. The maximum Gasteiger partial charge on any atom is 0.295 e. The van der Waals surface area contributed by atoms with Gasteiger partial charge in [-0.05, 0) is 36.8 Å². The fraction of sp³-hybridized carbons (Fsp3) is 0.333. The first-order chi connectivity index (χ1) is 14.5. The number of aliphatic hydroxyl groups excluding tert-OH is 1. The number of nitrogens with zero attached hydrogens (tertiary/aromatic N) is 1. The molecule has 2 aromatic rings. The van der Waals surface area contributed by atoms with Gasteiger partial charge in [0.2, 0.25) is 0 Å². The van der Waals surface area contributed by atoms with Gasteiger partial charge >= 0.3 is 0 Å². The van der Waals surface area contributed by atoms with Gasteiger partial charge in [-0.25, -0.2) is 4.39 Å². The van der Waals surface area contributed by atoms with Crippen LogP contribution in [0.25, 0.3) is 5.76 Å². The van der Waals surface area contributed by atoms with Gasteiger partial charge in [-0.15, -0.1) is 0 Å². The number of hydrogen-bond donors (Lipinski definition) is 1. The summed E-state index contributed by atoms with van der Waals surface area (Å²) in [7, 11) is 1.52. The van der Waals surface area contributed by atoms with Crippen LogP contribution in [0, 0.1) is 5.82 Å². The lowest BCUT2D eigenvalue weighted by molar-refractivity contribution is -0.140. The standard InChI is InChI=1S/C24H26FNO4/c1-3-4-5-8-15-26-21(18-9-6-7-10-19(18)25)20(23(28)24(26)29)22(27)16-11-13-17(30-2)14-12-16/h6-7,9-14,21,27H,3-5,8,15H2,1-2H3/b22-20-. The molecule has 1 fully saturated rings. The van der Waals surface area contributed by atoms with Gasteiger partial charge in [0.15, 0.2) is 0 Å². The minimum atomic E-state index is -0.963. The van der Waals surface area contributed by atoms with Crippen LogP contribution in [-0.2, 0) is 9.59 Å². The Labute approximate surface area is 175 Å². The number of halogens is 1. The highest BCUT2D eigenvalue weighted by atomic mass is 19.1. The molecule has 1 atom stereocenters. The summed E-state index contributed by atoms with van der Waals surface area (Å²) in [5.74, 6) is -1.76. The molecule has 3 rings (SSSR count). The fourth-order valence-electron chi connectivity index (χ4n) is 3.74. The molecule has 1 aliphatic heterocycles. The Kier molecular flexibility index (Phi) is 6.87. The molecular weight excluding hydrogens is 385 g/mol. The zero-order valence-corrected chi connectivity index (χ0v) is 17.2. The van der Waals surface area contributed by atoms with Crippen LogP contribution in [0.1, 0.15) is 49.8 Å². The van der Waals surface area contributed by atoms with Gasteiger partial charge in [-0.1, -0.05) is 44.4 Å². The summed E-state index contributed by atoms with van der Waals surface area (Å²) in [5, 5.41) is 10.9. The van der Waals surface area contributed by atoms with Crippen LogP contribution in [0.15, 0.2) is 54.1 Å². The van der Waals surface area contributed by atoms with E-state index in [9.17, 15) is 19.1 Å². The van der Waals surface area contributed by atoms with Crippen molar-refractivity contribution in [3.8, 4) is 5.75 Å². The van der Waals surface area contributed by atoms with Crippen molar-refractivity contribution in [3.63, 3.8) is 0 Å². The largest absolute Gasteiger partial charge is 0.507 e. The second kappa shape index (κ2) is 9.57. The summed E-state index contributed by atoms with van der Waals surface area (Å²) in [6.07, 6.45) is 3.66. The van der Waals surface area contributed by atoms with Crippen LogP contribution in [0.3, 0.4) is 0 Å². The maximum atomic E-state index is 14.7.